The van der Waals surface area contributed by atoms with Gasteiger partial charge in [-0.15, -0.1) is 0 Å². The Morgan fingerprint density at radius 1 is 1.00 bits per heavy atom. The van der Waals surface area contributed by atoms with Crippen LogP contribution in [0.3, 0.4) is 0 Å². The topological polar surface area (TPSA) is 204 Å². The van der Waals surface area contributed by atoms with Gasteiger partial charge in [0.25, 0.3) is 0 Å². The Kier molecular flexibility index (Phi) is 10.7. The van der Waals surface area contributed by atoms with E-state index in [9.17, 15) is 29.4 Å². The maximum absolute atomic E-state index is 13.9. The molecule has 3 aromatic rings. The molecule has 1 aliphatic heterocycles. The standard InChI is InChI=1S/C31H40N6O6/c32-14-4-3-8-25(31(42)43)35-29(40)27-9-5-15-37(27)30(41)26(16-19-10-12-21(38)13-11-19)36-28(39)23(33)17-20-18-34-24-7-2-1-6-22(20)24/h1-2,6-7,10-13,18,23,25-27,34,38H,3-5,8-9,14-17,32-33H2,(H,35,40)(H,36,39)(H,42,43). The van der Waals surface area contributed by atoms with E-state index in [0.717, 1.165) is 16.5 Å². The molecule has 0 saturated carbocycles. The van der Waals surface area contributed by atoms with Crippen LogP contribution >= 0.6 is 0 Å². The summed E-state index contributed by atoms with van der Waals surface area (Å²) in [5.74, 6) is -2.62. The van der Waals surface area contributed by atoms with E-state index < -0.39 is 47.9 Å². The number of phenolic OH excluding ortho intramolecular Hbond substituents is 1. The predicted octanol–water partition coefficient (Wildman–Crippen LogP) is 1.16. The van der Waals surface area contributed by atoms with Gasteiger partial charge in [-0.2, -0.15) is 0 Å². The van der Waals surface area contributed by atoms with Crippen molar-refractivity contribution < 1.29 is 29.4 Å². The summed E-state index contributed by atoms with van der Waals surface area (Å²) in [5.41, 5.74) is 14.3. The number of nitrogens with two attached hydrogens (primary N) is 2. The maximum Gasteiger partial charge on any atom is 0.326 e. The first kappa shape index (κ1) is 31.5. The summed E-state index contributed by atoms with van der Waals surface area (Å²) in [5, 5.41) is 25.7. The van der Waals surface area contributed by atoms with Crippen molar-refractivity contribution in [3.05, 3.63) is 65.9 Å². The van der Waals surface area contributed by atoms with Gasteiger partial charge in [0.15, 0.2) is 0 Å². The third-order valence-corrected chi connectivity index (χ3v) is 7.84. The average molecular weight is 593 g/mol. The average Bonchev–Trinajstić information content (AvgIpc) is 3.65. The number of carbonyl (C=O) groups is 4. The van der Waals surface area contributed by atoms with Crippen LogP contribution in [0.4, 0.5) is 0 Å². The van der Waals surface area contributed by atoms with E-state index in [1.807, 2.05) is 30.5 Å². The lowest BCUT2D eigenvalue weighted by molar-refractivity contribution is -0.145. The Labute approximate surface area is 249 Å². The van der Waals surface area contributed by atoms with E-state index in [2.05, 4.69) is 15.6 Å². The lowest BCUT2D eigenvalue weighted by Crippen LogP contribution is -2.57. The molecule has 12 nitrogen and oxygen atoms in total. The second-order valence-corrected chi connectivity index (χ2v) is 11.0. The van der Waals surface area contributed by atoms with E-state index >= 15 is 0 Å². The molecule has 1 aliphatic rings. The number of fused-ring (bicyclic) bond motifs is 1. The van der Waals surface area contributed by atoms with Gasteiger partial charge in [0, 0.05) is 30.1 Å². The summed E-state index contributed by atoms with van der Waals surface area (Å²) in [6.45, 7) is 0.704. The Morgan fingerprint density at radius 2 is 1.74 bits per heavy atom. The minimum atomic E-state index is -1.15. The highest BCUT2D eigenvalue weighted by Gasteiger charge is 2.39. The summed E-state index contributed by atoms with van der Waals surface area (Å²) >= 11 is 0. The maximum atomic E-state index is 13.9. The second-order valence-electron chi connectivity index (χ2n) is 11.0. The van der Waals surface area contributed by atoms with Gasteiger partial charge in [0.1, 0.15) is 23.9 Å². The number of aromatic amines is 1. The smallest absolute Gasteiger partial charge is 0.326 e. The van der Waals surface area contributed by atoms with Gasteiger partial charge < -0.3 is 42.2 Å². The van der Waals surface area contributed by atoms with Crippen LogP contribution in [-0.2, 0) is 32.0 Å². The number of likely N-dealkylation sites (tertiary alicyclic amines) is 1. The van der Waals surface area contributed by atoms with Gasteiger partial charge in [-0.25, -0.2) is 4.79 Å². The third-order valence-electron chi connectivity index (χ3n) is 7.84. The zero-order valence-electron chi connectivity index (χ0n) is 24.0. The fraction of sp³-hybridized carbons (Fsp3) is 0.419. The predicted molar refractivity (Wildman–Crippen MR) is 161 cm³/mol. The molecule has 0 aliphatic carbocycles. The number of amides is 3. The monoisotopic (exact) mass is 592 g/mol. The highest BCUT2D eigenvalue weighted by Crippen LogP contribution is 2.22. The van der Waals surface area contributed by atoms with Crippen LogP contribution in [0.15, 0.2) is 54.7 Å². The molecule has 4 rings (SSSR count). The number of aliphatic carboxylic acids is 1. The summed E-state index contributed by atoms with van der Waals surface area (Å²) in [4.78, 5) is 56.8. The number of benzene rings is 2. The van der Waals surface area contributed by atoms with Crippen molar-refractivity contribution in [3.8, 4) is 5.75 Å². The Morgan fingerprint density at radius 3 is 2.47 bits per heavy atom. The van der Waals surface area contributed by atoms with Crippen LogP contribution in [0, 0.1) is 0 Å². The summed E-state index contributed by atoms with van der Waals surface area (Å²) < 4.78 is 0. The molecule has 9 N–H and O–H groups in total. The quantitative estimate of drug-likeness (QED) is 0.135. The van der Waals surface area contributed by atoms with E-state index in [1.54, 1.807) is 12.1 Å². The van der Waals surface area contributed by atoms with Crippen molar-refractivity contribution in [2.24, 2.45) is 11.5 Å². The number of unbranched alkanes of at least 4 members (excludes halogenated alkanes) is 1. The molecule has 0 spiro atoms. The number of carbonyl (C=O) groups excluding carboxylic acids is 3. The number of carboxylic acid groups (broad SMARTS) is 1. The molecule has 1 fully saturated rings. The molecular weight excluding hydrogens is 552 g/mol. The molecule has 2 aromatic carbocycles. The SMILES string of the molecule is NCCCCC(NC(=O)C1CCCN1C(=O)C(Cc1ccc(O)cc1)NC(=O)C(N)Cc1c[nH]c2ccccc12)C(=O)O. The molecule has 230 valence electrons. The van der Waals surface area contributed by atoms with Gasteiger partial charge in [0.05, 0.1) is 6.04 Å². The van der Waals surface area contributed by atoms with Crippen molar-refractivity contribution >= 4 is 34.6 Å². The summed E-state index contributed by atoms with van der Waals surface area (Å²) in [6.07, 6.45) is 4.48. The summed E-state index contributed by atoms with van der Waals surface area (Å²) in [7, 11) is 0. The van der Waals surface area contributed by atoms with Crippen LogP contribution < -0.4 is 22.1 Å². The zero-order valence-corrected chi connectivity index (χ0v) is 24.0. The number of hydrogen-bond donors (Lipinski definition) is 7. The number of nitrogens with zero attached hydrogens (tertiary/aromatic N) is 1. The first-order valence-electron chi connectivity index (χ1n) is 14.6. The largest absolute Gasteiger partial charge is 0.508 e. The first-order chi connectivity index (χ1) is 20.7. The van der Waals surface area contributed by atoms with Crippen molar-refractivity contribution in [3.63, 3.8) is 0 Å². The molecule has 12 heteroatoms. The van der Waals surface area contributed by atoms with E-state index in [1.165, 1.54) is 17.0 Å². The molecular formula is C31H40N6O6. The van der Waals surface area contributed by atoms with Crippen LogP contribution in [-0.4, -0.2) is 81.0 Å². The van der Waals surface area contributed by atoms with E-state index in [0.29, 0.717) is 37.8 Å². The number of aromatic hydroxyl groups is 1. The number of rotatable bonds is 14. The molecule has 1 saturated heterocycles. The fourth-order valence-electron chi connectivity index (χ4n) is 5.50. The number of phenols is 1. The molecule has 4 atom stereocenters. The van der Waals surface area contributed by atoms with Crippen LogP contribution in [0.5, 0.6) is 5.75 Å². The van der Waals surface area contributed by atoms with Crippen molar-refractivity contribution in [1.29, 1.82) is 0 Å². The number of H-pyrrole nitrogens is 1. The number of carboxylic acids is 1. The van der Waals surface area contributed by atoms with Gasteiger partial charge >= 0.3 is 5.97 Å². The summed E-state index contributed by atoms with van der Waals surface area (Å²) in [6, 6.07) is 10.0. The number of aromatic nitrogens is 1. The number of nitrogens with one attached hydrogen (secondary N) is 3. The van der Waals surface area contributed by atoms with Crippen LogP contribution in [0.25, 0.3) is 10.9 Å². The zero-order chi connectivity index (χ0) is 30.9. The van der Waals surface area contributed by atoms with Crippen LogP contribution in [0.2, 0.25) is 0 Å². The third kappa shape index (κ3) is 8.11. The lowest BCUT2D eigenvalue weighted by atomic mass is 10.0. The second kappa shape index (κ2) is 14.7. The van der Waals surface area contributed by atoms with Gasteiger partial charge in [-0.3, -0.25) is 14.4 Å². The number of para-hydroxylation sites is 1. The van der Waals surface area contributed by atoms with Crippen LogP contribution in [0.1, 0.15) is 43.2 Å². The number of hydrogen-bond acceptors (Lipinski definition) is 7. The van der Waals surface area contributed by atoms with E-state index in [-0.39, 0.29) is 31.6 Å². The fourth-order valence-corrected chi connectivity index (χ4v) is 5.50. The van der Waals surface area contributed by atoms with Crippen molar-refractivity contribution in [2.45, 2.75) is 69.1 Å². The molecule has 2 heterocycles. The Hall–Kier alpha value is -4.42. The van der Waals surface area contributed by atoms with Gasteiger partial charge in [-0.05, 0) is 74.4 Å². The van der Waals surface area contributed by atoms with E-state index in [4.69, 9.17) is 11.5 Å². The lowest BCUT2D eigenvalue weighted by Gasteiger charge is -2.30. The van der Waals surface area contributed by atoms with Gasteiger partial charge in [0.2, 0.25) is 17.7 Å². The minimum Gasteiger partial charge on any atom is -0.508 e. The van der Waals surface area contributed by atoms with Crippen molar-refractivity contribution in [1.82, 2.24) is 20.5 Å². The normalized spacial score (nSPS) is 16.9. The Balaban J connectivity index is 1.49. The first-order valence-corrected chi connectivity index (χ1v) is 14.6. The highest BCUT2D eigenvalue weighted by molar-refractivity contribution is 5.95. The molecule has 4 unspecified atom stereocenters. The molecule has 1 aromatic heterocycles. The highest BCUT2D eigenvalue weighted by atomic mass is 16.4. The Bertz CT molecular complexity index is 1420. The molecule has 43 heavy (non-hydrogen) atoms. The molecule has 0 radical (unpaired) electrons. The minimum absolute atomic E-state index is 0.0622. The molecule has 3 amide bonds. The van der Waals surface area contributed by atoms with Gasteiger partial charge in [-0.1, -0.05) is 30.3 Å². The molecule has 0 bridgehead atoms. The van der Waals surface area contributed by atoms with Crippen molar-refractivity contribution in [2.75, 3.05) is 13.1 Å².